The maximum atomic E-state index is 10.7. The summed E-state index contributed by atoms with van der Waals surface area (Å²) in [4.78, 5) is 0. The molecular formula is C8H12N2O2S. The molecule has 1 rings (SSSR count). The fourth-order valence-electron chi connectivity index (χ4n) is 1.000. The quantitative estimate of drug-likeness (QED) is 0.747. The predicted molar refractivity (Wildman–Crippen MR) is 52.8 cm³/mol. The van der Waals surface area contributed by atoms with Crippen LogP contribution in [-0.2, 0) is 15.8 Å². The zero-order valence-electron chi connectivity index (χ0n) is 7.32. The third-order valence-electron chi connectivity index (χ3n) is 1.61. The van der Waals surface area contributed by atoms with Gasteiger partial charge in [0.25, 0.3) is 0 Å². The van der Waals surface area contributed by atoms with E-state index in [1.165, 1.54) is 0 Å². The van der Waals surface area contributed by atoms with E-state index < -0.39 is 10.0 Å². The Bertz CT molecular complexity index is 370. The van der Waals surface area contributed by atoms with E-state index >= 15 is 0 Å². The maximum Gasteiger partial charge on any atom is 0.213 e. The van der Waals surface area contributed by atoms with Crippen LogP contribution in [0, 0.1) is 0 Å². The molecule has 0 radical (unpaired) electrons. The Balaban J connectivity index is 2.81. The van der Waals surface area contributed by atoms with Crippen LogP contribution >= 0.6 is 0 Å². The van der Waals surface area contributed by atoms with Crippen molar-refractivity contribution in [1.82, 2.24) is 0 Å². The first-order valence-electron chi connectivity index (χ1n) is 3.78. The fraction of sp³-hybridized carbons (Fsp3) is 0.250. The molecule has 0 amide bonds. The Morgan fingerprint density at radius 1 is 1.31 bits per heavy atom. The van der Waals surface area contributed by atoms with E-state index in [1.54, 1.807) is 31.3 Å². The number of hydrogen-bond donors (Lipinski definition) is 2. The van der Waals surface area contributed by atoms with E-state index in [1.807, 2.05) is 0 Å². The van der Waals surface area contributed by atoms with E-state index in [0.717, 1.165) is 5.69 Å². The van der Waals surface area contributed by atoms with Crippen LogP contribution in [0.5, 0.6) is 0 Å². The molecule has 13 heavy (non-hydrogen) atoms. The molecule has 0 bridgehead atoms. The smallest absolute Gasteiger partial charge is 0.213 e. The van der Waals surface area contributed by atoms with Gasteiger partial charge in [-0.15, -0.1) is 0 Å². The van der Waals surface area contributed by atoms with Crippen LogP contribution in [0.2, 0.25) is 0 Å². The molecule has 0 atom stereocenters. The summed E-state index contributed by atoms with van der Waals surface area (Å²) in [6.07, 6.45) is 0. The molecule has 0 saturated heterocycles. The molecule has 4 nitrogen and oxygen atoms in total. The summed E-state index contributed by atoms with van der Waals surface area (Å²) in [5, 5.41) is 7.83. The zero-order valence-corrected chi connectivity index (χ0v) is 8.14. The highest BCUT2D eigenvalue weighted by Crippen LogP contribution is 2.09. The van der Waals surface area contributed by atoms with Gasteiger partial charge in [0.05, 0.1) is 5.75 Å². The number of primary sulfonamides is 1. The van der Waals surface area contributed by atoms with Gasteiger partial charge in [0.1, 0.15) is 0 Å². The Morgan fingerprint density at radius 2 is 1.85 bits per heavy atom. The third kappa shape index (κ3) is 3.43. The number of nitrogens with two attached hydrogens (primary N) is 1. The molecule has 0 aliphatic rings. The maximum absolute atomic E-state index is 10.7. The predicted octanol–water partition coefficient (Wildman–Crippen LogP) is 0.517. The minimum Gasteiger partial charge on any atom is -0.388 e. The molecule has 0 aliphatic carbocycles. The topological polar surface area (TPSA) is 72.2 Å². The summed E-state index contributed by atoms with van der Waals surface area (Å²) in [6, 6.07) is 7.08. The number of nitrogens with one attached hydrogen (secondary N) is 1. The largest absolute Gasteiger partial charge is 0.388 e. The minimum absolute atomic E-state index is 0.114. The average Bonchev–Trinajstić information content (AvgIpc) is 2.03. The van der Waals surface area contributed by atoms with E-state index in [2.05, 4.69) is 5.32 Å². The lowest BCUT2D eigenvalue weighted by molar-refractivity contribution is 0.597. The van der Waals surface area contributed by atoms with E-state index in [4.69, 9.17) is 5.14 Å². The molecule has 0 saturated carbocycles. The summed E-state index contributed by atoms with van der Waals surface area (Å²) >= 11 is 0. The molecule has 72 valence electrons. The molecule has 5 heteroatoms. The van der Waals surface area contributed by atoms with Gasteiger partial charge in [0.15, 0.2) is 0 Å². The molecule has 3 N–H and O–H groups in total. The molecule has 1 aromatic carbocycles. The van der Waals surface area contributed by atoms with Crippen molar-refractivity contribution in [1.29, 1.82) is 0 Å². The van der Waals surface area contributed by atoms with E-state index in [9.17, 15) is 8.42 Å². The Labute approximate surface area is 77.8 Å². The second kappa shape index (κ2) is 3.76. The highest BCUT2D eigenvalue weighted by Gasteiger charge is 2.03. The van der Waals surface area contributed by atoms with Crippen LogP contribution in [0.3, 0.4) is 0 Å². The standard InChI is InChI=1S/C8H12N2O2S/c1-10-8-4-2-7(3-5-8)6-13(9,11)12/h2-5,10H,6H2,1H3,(H2,9,11,12). The summed E-state index contributed by atoms with van der Waals surface area (Å²) in [5.74, 6) is -0.114. The fourth-order valence-corrected chi connectivity index (χ4v) is 1.66. The summed E-state index contributed by atoms with van der Waals surface area (Å²) < 4.78 is 21.4. The van der Waals surface area contributed by atoms with Crippen molar-refractivity contribution < 1.29 is 8.42 Å². The van der Waals surface area contributed by atoms with E-state index in [0.29, 0.717) is 5.56 Å². The second-order valence-electron chi connectivity index (χ2n) is 2.75. The number of sulfonamides is 1. The van der Waals surface area contributed by atoms with Crippen LogP contribution in [0.25, 0.3) is 0 Å². The van der Waals surface area contributed by atoms with Gasteiger partial charge in [-0.2, -0.15) is 0 Å². The van der Waals surface area contributed by atoms with Gasteiger partial charge in [-0.1, -0.05) is 12.1 Å². The van der Waals surface area contributed by atoms with Gasteiger partial charge < -0.3 is 5.32 Å². The Hall–Kier alpha value is -1.07. The Kier molecular flexibility index (Phi) is 2.90. The average molecular weight is 200 g/mol. The minimum atomic E-state index is -3.42. The first-order chi connectivity index (χ1) is 6.01. The SMILES string of the molecule is CNc1ccc(CS(N)(=O)=O)cc1. The van der Waals surface area contributed by atoms with Crippen molar-refractivity contribution in [2.24, 2.45) is 5.14 Å². The molecule has 0 aliphatic heterocycles. The zero-order chi connectivity index (χ0) is 9.90. The van der Waals surface area contributed by atoms with Crippen molar-refractivity contribution >= 4 is 15.7 Å². The lowest BCUT2D eigenvalue weighted by Gasteiger charge is -2.01. The van der Waals surface area contributed by atoms with Crippen LogP contribution in [0.4, 0.5) is 5.69 Å². The molecule has 0 heterocycles. The van der Waals surface area contributed by atoms with Crippen LogP contribution in [0.15, 0.2) is 24.3 Å². The van der Waals surface area contributed by atoms with Crippen molar-refractivity contribution in [3.63, 3.8) is 0 Å². The summed E-state index contributed by atoms with van der Waals surface area (Å²) in [6.45, 7) is 0. The first kappa shape index (κ1) is 10.0. The number of anilines is 1. The lowest BCUT2D eigenvalue weighted by atomic mass is 10.2. The van der Waals surface area contributed by atoms with Crippen LogP contribution < -0.4 is 10.5 Å². The Morgan fingerprint density at radius 3 is 2.23 bits per heavy atom. The van der Waals surface area contributed by atoms with Gasteiger partial charge in [0, 0.05) is 12.7 Å². The van der Waals surface area contributed by atoms with Crippen molar-refractivity contribution in [2.75, 3.05) is 12.4 Å². The summed E-state index contributed by atoms with van der Waals surface area (Å²) in [5.41, 5.74) is 1.64. The first-order valence-corrected chi connectivity index (χ1v) is 5.50. The molecule has 1 aromatic rings. The highest BCUT2D eigenvalue weighted by atomic mass is 32.2. The number of hydrogen-bond acceptors (Lipinski definition) is 3. The van der Waals surface area contributed by atoms with Gasteiger partial charge in [-0.25, -0.2) is 13.6 Å². The normalized spacial score (nSPS) is 11.2. The van der Waals surface area contributed by atoms with Crippen molar-refractivity contribution in [2.45, 2.75) is 5.75 Å². The molecule has 0 spiro atoms. The van der Waals surface area contributed by atoms with Gasteiger partial charge in [-0.05, 0) is 17.7 Å². The number of rotatable bonds is 3. The van der Waals surface area contributed by atoms with Crippen LogP contribution in [0.1, 0.15) is 5.56 Å². The molecular weight excluding hydrogens is 188 g/mol. The monoisotopic (exact) mass is 200 g/mol. The number of benzene rings is 1. The second-order valence-corrected chi connectivity index (χ2v) is 4.37. The van der Waals surface area contributed by atoms with E-state index in [-0.39, 0.29) is 5.75 Å². The van der Waals surface area contributed by atoms with Gasteiger partial charge in [-0.3, -0.25) is 0 Å². The molecule has 0 unspecified atom stereocenters. The van der Waals surface area contributed by atoms with Gasteiger partial charge in [0.2, 0.25) is 10.0 Å². The van der Waals surface area contributed by atoms with Crippen molar-refractivity contribution in [3.05, 3.63) is 29.8 Å². The van der Waals surface area contributed by atoms with Crippen LogP contribution in [-0.4, -0.2) is 15.5 Å². The lowest BCUT2D eigenvalue weighted by Crippen LogP contribution is -2.14. The summed E-state index contributed by atoms with van der Waals surface area (Å²) in [7, 11) is -1.62. The molecule has 0 fully saturated rings. The third-order valence-corrected chi connectivity index (χ3v) is 2.35. The van der Waals surface area contributed by atoms with Crippen molar-refractivity contribution in [3.8, 4) is 0 Å². The highest BCUT2D eigenvalue weighted by molar-refractivity contribution is 7.88. The van der Waals surface area contributed by atoms with Gasteiger partial charge >= 0.3 is 0 Å². The molecule has 0 aromatic heterocycles.